The first-order valence-electron chi connectivity index (χ1n) is 7.19. The lowest BCUT2D eigenvalue weighted by molar-refractivity contribution is -0.0759. The highest BCUT2D eigenvalue weighted by Crippen LogP contribution is 2.15. The lowest BCUT2D eigenvalue weighted by Crippen LogP contribution is -2.16. The summed E-state index contributed by atoms with van der Waals surface area (Å²) in [5.74, 6) is 0.852. The van der Waals surface area contributed by atoms with Gasteiger partial charge in [0.05, 0.1) is 6.61 Å². The van der Waals surface area contributed by atoms with E-state index in [0.29, 0.717) is 6.61 Å². The Kier molecular flexibility index (Phi) is 5.63. The largest absolute Gasteiger partial charge is 0.465 e. The van der Waals surface area contributed by atoms with Crippen molar-refractivity contribution in [3.63, 3.8) is 0 Å². The van der Waals surface area contributed by atoms with Gasteiger partial charge in [0.15, 0.2) is 6.29 Å². The molecule has 0 bridgehead atoms. The third-order valence-corrected chi connectivity index (χ3v) is 3.09. The van der Waals surface area contributed by atoms with E-state index in [-0.39, 0.29) is 6.29 Å². The maximum atomic E-state index is 5.75. The average Bonchev–Trinajstić information content (AvgIpc) is 2.49. The van der Waals surface area contributed by atoms with Gasteiger partial charge in [-0.2, -0.15) is 0 Å². The molecule has 0 N–H and O–H groups in total. The van der Waals surface area contributed by atoms with Crippen molar-refractivity contribution in [1.29, 1.82) is 0 Å². The summed E-state index contributed by atoms with van der Waals surface area (Å²) < 4.78 is 11.4. The Hall–Kier alpha value is -1.80. The van der Waals surface area contributed by atoms with Crippen LogP contribution in [0.3, 0.4) is 0 Å². The van der Waals surface area contributed by atoms with Crippen molar-refractivity contribution in [3.8, 4) is 5.75 Å². The summed E-state index contributed by atoms with van der Waals surface area (Å²) in [5, 5.41) is 0. The first kappa shape index (κ1) is 14.6. The van der Waals surface area contributed by atoms with Crippen molar-refractivity contribution in [2.75, 3.05) is 0 Å². The fourth-order valence-corrected chi connectivity index (χ4v) is 2.04. The Morgan fingerprint density at radius 1 is 0.900 bits per heavy atom. The summed E-state index contributed by atoms with van der Waals surface area (Å²) >= 11 is 0. The van der Waals surface area contributed by atoms with Crippen LogP contribution in [0, 0.1) is 0 Å². The summed E-state index contributed by atoms with van der Waals surface area (Å²) in [4.78, 5) is 0. The molecule has 0 heterocycles. The van der Waals surface area contributed by atoms with Gasteiger partial charge in [-0.3, -0.25) is 0 Å². The summed E-state index contributed by atoms with van der Waals surface area (Å²) in [6.45, 7) is 4.67. The van der Waals surface area contributed by atoms with E-state index in [2.05, 4.69) is 19.1 Å². The minimum atomic E-state index is -0.257. The van der Waals surface area contributed by atoms with Crippen LogP contribution in [-0.4, -0.2) is 6.29 Å². The van der Waals surface area contributed by atoms with E-state index in [4.69, 9.17) is 9.47 Å². The van der Waals surface area contributed by atoms with E-state index < -0.39 is 0 Å². The second kappa shape index (κ2) is 7.71. The molecule has 2 aromatic carbocycles. The average molecular weight is 270 g/mol. The molecule has 0 aliphatic heterocycles. The van der Waals surface area contributed by atoms with Crippen LogP contribution in [0.1, 0.15) is 31.4 Å². The predicted octanol–water partition coefficient (Wildman–Crippen LogP) is 4.58. The summed E-state index contributed by atoms with van der Waals surface area (Å²) in [6, 6.07) is 18.4. The molecule has 2 nitrogen and oxygen atoms in total. The molecule has 2 heteroatoms. The number of benzene rings is 2. The van der Waals surface area contributed by atoms with Crippen LogP contribution in [0.5, 0.6) is 5.75 Å². The molecule has 2 rings (SSSR count). The summed E-state index contributed by atoms with van der Waals surface area (Å²) in [5.41, 5.74) is 2.50. The number of rotatable bonds is 7. The van der Waals surface area contributed by atoms with Crippen LogP contribution < -0.4 is 4.74 Å². The van der Waals surface area contributed by atoms with Gasteiger partial charge in [-0.15, -0.1) is 0 Å². The zero-order valence-electron chi connectivity index (χ0n) is 12.2. The van der Waals surface area contributed by atoms with Crippen molar-refractivity contribution >= 4 is 0 Å². The maximum Gasteiger partial charge on any atom is 0.197 e. The van der Waals surface area contributed by atoms with Crippen molar-refractivity contribution in [2.24, 2.45) is 0 Å². The molecular formula is C18H22O2. The topological polar surface area (TPSA) is 18.5 Å². The van der Waals surface area contributed by atoms with Crippen LogP contribution in [0.25, 0.3) is 0 Å². The Balaban J connectivity index is 1.80. The van der Waals surface area contributed by atoms with E-state index in [9.17, 15) is 0 Å². The zero-order valence-corrected chi connectivity index (χ0v) is 12.2. The lowest BCUT2D eigenvalue weighted by atomic mass is 10.1. The minimum absolute atomic E-state index is 0.257. The van der Waals surface area contributed by atoms with Gasteiger partial charge in [0.1, 0.15) is 5.75 Å². The van der Waals surface area contributed by atoms with E-state index in [1.165, 1.54) is 5.56 Å². The quantitative estimate of drug-likeness (QED) is 0.686. The smallest absolute Gasteiger partial charge is 0.197 e. The molecule has 0 spiro atoms. The first-order chi connectivity index (χ1) is 9.78. The van der Waals surface area contributed by atoms with E-state index in [1.54, 1.807) is 0 Å². The van der Waals surface area contributed by atoms with Crippen LogP contribution in [0.4, 0.5) is 0 Å². The van der Waals surface area contributed by atoms with Gasteiger partial charge < -0.3 is 9.47 Å². The molecule has 106 valence electrons. The number of hydrogen-bond acceptors (Lipinski definition) is 2. The number of hydrogen-bond donors (Lipinski definition) is 0. The van der Waals surface area contributed by atoms with Crippen molar-refractivity contribution < 1.29 is 9.47 Å². The standard InChI is InChI=1S/C18H22O2/c1-3-7-16-10-12-18(13-11-16)20-15(2)19-14-17-8-5-4-6-9-17/h4-6,8-13,15H,3,7,14H2,1-2H3. The van der Waals surface area contributed by atoms with Crippen LogP contribution >= 0.6 is 0 Å². The van der Waals surface area contributed by atoms with Crippen molar-refractivity contribution in [1.82, 2.24) is 0 Å². The van der Waals surface area contributed by atoms with Gasteiger partial charge in [-0.05, 0) is 36.6 Å². The molecular weight excluding hydrogens is 248 g/mol. The zero-order chi connectivity index (χ0) is 14.2. The number of ether oxygens (including phenoxy) is 2. The third kappa shape index (κ3) is 4.71. The Morgan fingerprint density at radius 3 is 2.25 bits per heavy atom. The SMILES string of the molecule is CCCc1ccc(OC(C)OCc2ccccc2)cc1. The number of aryl methyl sites for hydroxylation is 1. The monoisotopic (exact) mass is 270 g/mol. The van der Waals surface area contributed by atoms with Gasteiger partial charge in [-0.1, -0.05) is 55.8 Å². The molecule has 2 aromatic rings. The van der Waals surface area contributed by atoms with Gasteiger partial charge in [0, 0.05) is 0 Å². The van der Waals surface area contributed by atoms with Crippen LogP contribution in [0.15, 0.2) is 54.6 Å². The fourth-order valence-electron chi connectivity index (χ4n) is 2.04. The van der Waals surface area contributed by atoms with E-state index >= 15 is 0 Å². The van der Waals surface area contributed by atoms with Crippen LogP contribution in [0.2, 0.25) is 0 Å². The van der Waals surface area contributed by atoms with Gasteiger partial charge in [0.2, 0.25) is 0 Å². The molecule has 20 heavy (non-hydrogen) atoms. The molecule has 0 amide bonds. The van der Waals surface area contributed by atoms with Crippen LogP contribution in [-0.2, 0) is 17.8 Å². The minimum Gasteiger partial charge on any atom is -0.465 e. The fraction of sp³-hybridized carbons (Fsp3) is 0.333. The molecule has 1 unspecified atom stereocenters. The van der Waals surface area contributed by atoms with Crippen molar-refractivity contribution in [3.05, 3.63) is 65.7 Å². The van der Waals surface area contributed by atoms with Crippen molar-refractivity contribution in [2.45, 2.75) is 39.6 Å². The Labute approximate surface area is 121 Å². The molecule has 0 fully saturated rings. The Morgan fingerprint density at radius 2 is 1.60 bits per heavy atom. The lowest BCUT2D eigenvalue weighted by Gasteiger charge is -2.15. The molecule has 0 saturated carbocycles. The normalized spacial score (nSPS) is 12.1. The molecule has 0 aliphatic rings. The highest BCUT2D eigenvalue weighted by atomic mass is 16.7. The second-order valence-electron chi connectivity index (χ2n) is 4.88. The molecule has 0 aliphatic carbocycles. The van der Waals surface area contributed by atoms with E-state index in [0.717, 1.165) is 24.2 Å². The predicted molar refractivity (Wildman–Crippen MR) is 81.8 cm³/mol. The highest BCUT2D eigenvalue weighted by molar-refractivity contribution is 5.27. The molecule has 0 aromatic heterocycles. The first-order valence-corrected chi connectivity index (χ1v) is 7.19. The van der Waals surface area contributed by atoms with E-state index in [1.807, 2.05) is 49.4 Å². The summed E-state index contributed by atoms with van der Waals surface area (Å²) in [7, 11) is 0. The van der Waals surface area contributed by atoms with Gasteiger partial charge >= 0.3 is 0 Å². The molecule has 1 atom stereocenters. The highest BCUT2D eigenvalue weighted by Gasteiger charge is 2.04. The second-order valence-corrected chi connectivity index (χ2v) is 4.88. The molecule has 0 radical (unpaired) electrons. The van der Waals surface area contributed by atoms with Gasteiger partial charge in [-0.25, -0.2) is 0 Å². The third-order valence-electron chi connectivity index (χ3n) is 3.09. The Bertz CT molecular complexity index is 491. The van der Waals surface area contributed by atoms with Gasteiger partial charge in [0.25, 0.3) is 0 Å². The molecule has 0 saturated heterocycles. The summed E-state index contributed by atoms with van der Waals surface area (Å²) in [6.07, 6.45) is 2.02. The maximum absolute atomic E-state index is 5.75.